The fourth-order valence-electron chi connectivity index (χ4n) is 2.76. The van der Waals surface area contributed by atoms with Gasteiger partial charge in [0.2, 0.25) is 0 Å². The van der Waals surface area contributed by atoms with Crippen LogP contribution in [0.25, 0.3) is 21.9 Å². The van der Waals surface area contributed by atoms with Crippen molar-refractivity contribution in [3.05, 3.63) is 62.5 Å². The van der Waals surface area contributed by atoms with Crippen LogP contribution in [0.15, 0.2) is 51.4 Å². The predicted octanol–water partition coefficient (Wildman–Crippen LogP) is 6.57. The van der Waals surface area contributed by atoms with Gasteiger partial charge in [0.1, 0.15) is 0 Å². The summed E-state index contributed by atoms with van der Waals surface area (Å²) in [6.45, 7) is 5.51. The van der Waals surface area contributed by atoms with Gasteiger partial charge in [-0.3, -0.25) is 4.79 Å². The van der Waals surface area contributed by atoms with Gasteiger partial charge in [0.15, 0.2) is 5.75 Å². The zero-order chi connectivity index (χ0) is 17.4. The quantitative estimate of drug-likeness (QED) is 0.327. The van der Waals surface area contributed by atoms with Crippen LogP contribution in [-0.4, -0.2) is 5.97 Å². The van der Waals surface area contributed by atoms with Crippen molar-refractivity contribution in [3.63, 3.8) is 0 Å². The molecule has 0 fully saturated rings. The highest BCUT2D eigenvalue weighted by molar-refractivity contribution is 9.13. The summed E-state index contributed by atoms with van der Waals surface area (Å²) in [6.07, 6.45) is 0. The average Bonchev–Trinajstić information content (AvgIpc) is 2.54. The molecule has 3 rings (SSSR count). The van der Waals surface area contributed by atoms with Crippen molar-refractivity contribution >= 4 is 48.6 Å². The molecule has 0 heterocycles. The summed E-state index contributed by atoms with van der Waals surface area (Å²) in [5.74, 6) is 0.206. The van der Waals surface area contributed by atoms with E-state index in [2.05, 4.69) is 75.2 Å². The average molecular weight is 448 g/mol. The molecular formula is C20H16Br2O2. The van der Waals surface area contributed by atoms with Crippen LogP contribution in [0.1, 0.15) is 18.1 Å². The SMILES string of the molecule is CC(=O)Oc1c(Br)c(Br)c(-c2ccc(C)cc2)c2ccc(C)cc12. The Kier molecular flexibility index (Phi) is 4.79. The van der Waals surface area contributed by atoms with Crippen LogP contribution in [0.4, 0.5) is 0 Å². The molecule has 0 radical (unpaired) electrons. The van der Waals surface area contributed by atoms with Gasteiger partial charge in [-0.2, -0.15) is 0 Å². The van der Waals surface area contributed by atoms with E-state index in [0.29, 0.717) is 5.75 Å². The summed E-state index contributed by atoms with van der Waals surface area (Å²) < 4.78 is 7.10. The van der Waals surface area contributed by atoms with Gasteiger partial charge in [-0.25, -0.2) is 0 Å². The number of halogens is 2. The summed E-state index contributed by atoms with van der Waals surface area (Å²) >= 11 is 7.27. The topological polar surface area (TPSA) is 26.3 Å². The third-order valence-electron chi connectivity index (χ3n) is 3.89. The number of benzene rings is 3. The van der Waals surface area contributed by atoms with Gasteiger partial charge >= 0.3 is 5.97 Å². The molecule has 0 aliphatic rings. The number of esters is 1. The second kappa shape index (κ2) is 6.69. The summed E-state index contributed by atoms with van der Waals surface area (Å²) in [7, 11) is 0. The normalized spacial score (nSPS) is 10.9. The van der Waals surface area contributed by atoms with Crippen molar-refractivity contribution in [1.29, 1.82) is 0 Å². The Balaban J connectivity index is 2.40. The number of hydrogen-bond donors (Lipinski definition) is 0. The van der Waals surface area contributed by atoms with E-state index < -0.39 is 0 Å². The highest BCUT2D eigenvalue weighted by atomic mass is 79.9. The fraction of sp³-hybridized carbons (Fsp3) is 0.150. The van der Waals surface area contributed by atoms with Crippen LogP contribution in [0.3, 0.4) is 0 Å². The number of carbonyl (C=O) groups excluding carboxylic acids is 1. The van der Waals surface area contributed by atoms with Crippen LogP contribution in [0, 0.1) is 13.8 Å². The first-order valence-electron chi connectivity index (χ1n) is 7.55. The Morgan fingerprint density at radius 3 is 2.12 bits per heavy atom. The van der Waals surface area contributed by atoms with Crippen LogP contribution >= 0.6 is 31.9 Å². The van der Waals surface area contributed by atoms with Gasteiger partial charge in [-0.1, -0.05) is 47.5 Å². The molecule has 4 heteroatoms. The van der Waals surface area contributed by atoms with E-state index in [1.54, 1.807) is 0 Å². The third-order valence-corrected chi connectivity index (χ3v) is 5.97. The molecule has 24 heavy (non-hydrogen) atoms. The smallest absolute Gasteiger partial charge is 0.308 e. The number of hydrogen-bond acceptors (Lipinski definition) is 2. The summed E-state index contributed by atoms with van der Waals surface area (Å²) in [5.41, 5.74) is 4.51. The highest BCUT2D eigenvalue weighted by Gasteiger charge is 2.20. The lowest BCUT2D eigenvalue weighted by Gasteiger charge is -2.17. The van der Waals surface area contributed by atoms with E-state index >= 15 is 0 Å². The maximum Gasteiger partial charge on any atom is 0.308 e. The zero-order valence-electron chi connectivity index (χ0n) is 13.6. The van der Waals surface area contributed by atoms with Crippen molar-refractivity contribution < 1.29 is 9.53 Å². The lowest BCUT2D eigenvalue weighted by atomic mass is 9.96. The van der Waals surface area contributed by atoms with E-state index in [0.717, 1.165) is 36.4 Å². The maximum atomic E-state index is 11.5. The minimum Gasteiger partial charge on any atom is -0.425 e. The molecule has 0 aliphatic heterocycles. The molecule has 3 aromatic carbocycles. The number of rotatable bonds is 2. The van der Waals surface area contributed by atoms with Gasteiger partial charge in [0.25, 0.3) is 0 Å². The largest absolute Gasteiger partial charge is 0.425 e. The first kappa shape index (κ1) is 17.2. The molecule has 2 nitrogen and oxygen atoms in total. The molecule has 0 unspecified atom stereocenters. The Morgan fingerprint density at radius 2 is 1.50 bits per heavy atom. The minimum absolute atomic E-state index is 0.339. The number of ether oxygens (including phenoxy) is 1. The molecule has 0 aliphatic carbocycles. The van der Waals surface area contributed by atoms with E-state index in [9.17, 15) is 4.79 Å². The monoisotopic (exact) mass is 446 g/mol. The van der Waals surface area contributed by atoms with Crippen LogP contribution in [0.5, 0.6) is 5.75 Å². The lowest BCUT2D eigenvalue weighted by Crippen LogP contribution is -2.03. The molecule has 0 N–H and O–H groups in total. The van der Waals surface area contributed by atoms with Crippen LogP contribution < -0.4 is 4.74 Å². The second-order valence-electron chi connectivity index (χ2n) is 5.84. The summed E-state index contributed by atoms with van der Waals surface area (Å²) in [6, 6.07) is 14.6. The van der Waals surface area contributed by atoms with Crippen molar-refractivity contribution in [2.45, 2.75) is 20.8 Å². The Morgan fingerprint density at radius 1 is 0.875 bits per heavy atom. The first-order valence-corrected chi connectivity index (χ1v) is 9.14. The van der Waals surface area contributed by atoms with Crippen molar-refractivity contribution in [1.82, 2.24) is 0 Å². The highest BCUT2D eigenvalue weighted by Crippen LogP contribution is 2.47. The third kappa shape index (κ3) is 3.13. The van der Waals surface area contributed by atoms with Gasteiger partial charge in [0.05, 0.1) is 4.47 Å². The second-order valence-corrected chi connectivity index (χ2v) is 7.43. The molecule has 0 saturated carbocycles. The van der Waals surface area contributed by atoms with Crippen LogP contribution in [-0.2, 0) is 4.79 Å². The van der Waals surface area contributed by atoms with Crippen molar-refractivity contribution in [2.24, 2.45) is 0 Å². The fourth-order valence-corrected chi connectivity index (χ4v) is 3.87. The molecule has 0 saturated heterocycles. The van der Waals surface area contributed by atoms with Gasteiger partial charge in [-0.05, 0) is 62.7 Å². The molecule has 0 bridgehead atoms. The Hall–Kier alpha value is -1.65. The van der Waals surface area contributed by atoms with E-state index in [4.69, 9.17) is 4.74 Å². The number of fused-ring (bicyclic) bond motifs is 1. The van der Waals surface area contributed by atoms with Gasteiger partial charge in [0, 0.05) is 22.3 Å². The minimum atomic E-state index is -0.339. The molecular weight excluding hydrogens is 432 g/mol. The number of aryl methyl sites for hydroxylation is 2. The standard InChI is InChI=1S/C20H16Br2O2/c1-11-4-7-14(8-5-11)17-15-9-6-12(2)10-16(15)20(24-13(3)23)19(22)18(17)21/h4-10H,1-3H3. The van der Waals surface area contributed by atoms with E-state index in [1.807, 2.05) is 13.0 Å². The van der Waals surface area contributed by atoms with E-state index in [-0.39, 0.29) is 5.97 Å². The van der Waals surface area contributed by atoms with E-state index in [1.165, 1.54) is 12.5 Å². The summed E-state index contributed by atoms with van der Waals surface area (Å²) in [4.78, 5) is 11.5. The predicted molar refractivity (Wildman–Crippen MR) is 106 cm³/mol. The van der Waals surface area contributed by atoms with Crippen LogP contribution in [0.2, 0.25) is 0 Å². The first-order chi connectivity index (χ1) is 11.4. The van der Waals surface area contributed by atoms with Gasteiger partial charge < -0.3 is 4.74 Å². The molecule has 0 aromatic heterocycles. The molecule has 122 valence electrons. The molecule has 3 aromatic rings. The molecule has 0 atom stereocenters. The Bertz CT molecular complexity index is 944. The number of carbonyl (C=O) groups is 1. The van der Waals surface area contributed by atoms with Crippen molar-refractivity contribution in [2.75, 3.05) is 0 Å². The summed E-state index contributed by atoms with van der Waals surface area (Å²) in [5, 5.41) is 1.95. The zero-order valence-corrected chi connectivity index (χ0v) is 16.8. The molecule has 0 spiro atoms. The van der Waals surface area contributed by atoms with Crippen molar-refractivity contribution in [3.8, 4) is 16.9 Å². The maximum absolute atomic E-state index is 11.5. The van der Waals surface area contributed by atoms with Gasteiger partial charge in [-0.15, -0.1) is 0 Å². The lowest BCUT2D eigenvalue weighted by molar-refractivity contribution is -0.131. The Labute approximate surface area is 158 Å². The molecule has 0 amide bonds.